The van der Waals surface area contributed by atoms with E-state index in [9.17, 15) is 20.0 Å². The van der Waals surface area contributed by atoms with Crippen molar-refractivity contribution in [3.8, 4) is 11.1 Å². The molecule has 0 aromatic heterocycles. The standard InChI is InChI=1S/C50H69N3O13SSi/c1-10-68(11-2,12-3)66-46-45(51-65-44-25-41(54)48(67-9)32(7)62-44)31(6)63-49(60-27-33-19-13-18-24-39(33)53(56)57)47(46)64-43-26-42(58-8)40(29-59-43)52(30(4)5)50(55)61-28-38-36-22-16-14-20-34(36)35-21-15-17-23-37(35)38/h13-24,30-32,38,40-44,46-49,54H,10-12,25-29H2,1-9H3/b51-45+/t31-,32-,40+,41+,42+,43+,44+,46+,47-,48-,49-/m1/s1. The van der Waals surface area contributed by atoms with E-state index in [0.29, 0.717) is 11.3 Å². The summed E-state index contributed by atoms with van der Waals surface area (Å²) in [5, 5.41) is 27.6. The van der Waals surface area contributed by atoms with E-state index in [-0.39, 0.29) is 61.7 Å². The fourth-order valence-corrected chi connectivity index (χ4v) is 13.8. The van der Waals surface area contributed by atoms with Crippen molar-refractivity contribution >= 4 is 37.6 Å². The van der Waals surface area contributed by atoms with Crippen LogP contribution in [0.1, 0.15) is 83.9 Å². The molecule has 1 N–H and O–H groups in total. The van der Waals surface area contributed by atoms with Crippen molar-refractivity contribution in [3.63, 3.8) is 0 Å². The molecule has 4 aliphatic rings. The number of carbonyl (C=O) groups excluding carboxylic acids is 1. The second-order valence-corrected chi connectivity index (χ2v) is 24.0. The first-order chi connectivity index (χ1) is 32.8. The molecule has 0 spiro atoms. The van der Waals surface area contributed by atoms with Crippen LogP contribution in [0.3, 0.4) is 0 Å². The summed E-state index contributed by atoms with van der Waals surface area (Å²) in [7, 11) is -0.870. The molecule has 0 saturated carbocycles. The number of carbonyl (C=O) groups is 1. The molecule has 1 aliphatic carbocycles. The maximum absolute atomic E-state index is 14.2. The van der Waals surface area contributed by atoms with Gasteiger partial charge in [-0.2, -0.15) is 11.8 Å². The molecule has 3 saturated heterocycles. The fourth-order valence-electron chi connectivity index (χ4n) is 10.1. The third-order valence-electron chi connectivity index (χ3n) is 14.1. The van der Waals surface area contributed by atoms with Crippen LogP contribution in [0, 0.1) is 10.1 Å². The SMILES string of the molecule is CC[Si](CC)(CC)O[C@H]1/C(=N/O[C@H]2C[C@H](O)[C@H](SC)[C@@H](C)O2)[C@@H](C)O[C@@H](OCc2ccccc2[N+](=O)[O-])[C@@H]1O[C@H]1C[C@H](OC)[C@@H](N(C(=O)OCC2c3ccccc3-c3ccccc32)C(C)C)CO1. The first-order valence-electron chi connectivity index (χ1n) is 24.0. The predicted octanol–water partition coefficient (Wildman–Crippen LogP) is 9.02. The molecule has 0 radical (unpaired) electrons. The normalized spacial score (nSPS) is 29.1. The number of nitrogens with zero attached hydrogens (tertiary/aromatic N) is 3. The van der Waals surface area contributed by atoms with E-state index in [2.05, 4.69) is 50.2 Å². The Kier molecular flexibility index (Phi) is 17.8. The van der Waals surface area contributed by atoms with E-state index < -0.39 is 74.8 Å². The van der Waals surface area contributed by atoms with Gasteiger partial charge < -0.3 is 47.5 Å². The van der Waals surface area contributed by atoms with Gasteiger partial charge in [0, 0.05) is 38.0 Å². The zero-order chi connectivity index (χ0) is 48.7. The predicted molar refractivity (Wildman–Crippen MR) is 261 cm³/mol. The minimum atomic E-state index is -2.47. The Morgan fingerprint density at radius 3 is 2.21 bits per heavy atom. The molecule has 3 aromatic carbocycles. The van der Waals surface area contributed by atoms with Crippen molar-refractivity contribution in [2.45, 2.75) is 165 Å². The highest BCUT2D eigenvalue weighted by atomic mass is 32.2. The summed E-state index contributed by atoms with van der Waals surface area (Å²) >= 11 is 1.54. The molecule has 0 bridgehead atoms. The summed E-state index contributed by atoms with van der Waals surface area (Å²) in [4.78, 5) is 33.6. The molecule has 18 heteroatoms. The number of hydrogen-bond acceptors (Lipinski definition) is 15. The largest absolute Gasteiger partial charge is 0.448 e. The van der Waals surface area contributed by atoms with Crippen molar-refractivity contribution in [1.29, 1.82) is 0 Å². The molecule has 1 amide bonds. The van der Waals surface area contributed by atoms with E-state index in [1.165, 1.54) is 17.8 Å². The monoisotopic (exact) mass is 979 g/mol. The van der Waals surface area contributed by atoms with Crippen molar-refractivity contribution in [3.05, 3.63) is 99.6 Å². The number of aliphatic hydroxyl groups is 1. The maximum Gasteiger partial charge on any atom is 0.410 e. The number of fused-ring (bicyclic) bond motifs is 3. The van der Waals surface area contributed by atoms with Crippen LogP contribution in [0.15, 0.2) is 78.0 Å². The fraction of sp³-hybridized carbons (Fsp3) is 0.600. The third kappa shape index (κ3) is 11.3. The molecular formula is C50H69N3O13SSi. The lowest BCUT2D eigenvalue weighted by atomic mass is 9.98. The summed E-state index contributed by atoms with van der Waals surface area (Å²) in [6.45, 7) is 14.0. The lowest BCUT2D eigenvalue weighted by molar-refractivity contribution is -0.386. The topological polar surface area (TPSA) is 179 Å². The van der Waals surface area contributed by atoms with Crippen LogP contribution >= 0.6 is 11.8 Å². The lowest BCUT2D eigenvalue weighted by Crippen LogP contribution is -2.62. The number of amides is 1. The van der Waals surface area contributed by atoms with Crippen LogP contribution in [0.5, 0.6) is 0 Å². The second-order valence-electron chi connectivity index (χ2n) is 18.3. The number of nitro benzene ring substituents is 1. The average Bonchev–Trinajstić information content (AvgIpc) is 3.66. The molecule has 3 fully saturated rings. The summed E-state index contributed by atoms with van der Waals surface area (Å²) < 4.78 is 52.3. The summed E-state index contributed by atoms with van der Waals surface area (Å²) in [6, 6.07) is 24.5. The third-order valence-corrected chi connectivity index (χ3v) is 19.9. The Balaban J connectivity index is 1.15. The first-order valence-corrected chi connectivity index (χ1v) is 27.8. The Hall–Kier alpha value is -3.95. The second kappa shape index (κ2) is 23.3. The first kappa shape index (κ1) is 51.9. The van der Waals surface area contributed by atoms with E-state index in [1.807, 2.05) is 58.2 Å². The molecule has 372 valence electrons. The smallest absolute Gasteiger partial charge is 0.410 e. The number of thioether (sulfide) groups is 1. The number of hydrogen-bond donors (Lipinski definition) is 1. The highest BCUT2D eigenvalue weighted by molar-refractivity contribution is 7.99. The summed E-state index contributed by atoms with van der Waals surface area (Å²) in [6.07, 6.45) is -5.08. The van der Waals surface area contributed by atoms with Gasteiger partial charge in [-0.1, -0.05) is 86.6 Å². The summed E-state index contributed by atoms with van der Waals surface area (Å²) in [5.74, 6) is -0.107. The van der Waals surface area contributed by atoms with Gasteiger partial charge in [0.1, 0.15) is 30.6 Å². The van der Waals surface area contributed by atoms with Gasteiger partial charge in [-0.15, -0.1) is 0 Å². The average molecular weight is 980 g/mol. The zero-order valence-electron chi connectivity index (χ0n) is 40.7. The van der Waals surface area contributed by atoms with Gasteiger partial charge >= 0.3 is 6.09 Å². The molecule has 7 rings (SSSR count). The molecule has 0 unspecified atom stereocenters. The van der Waals surface area contributed by atoms with Crippen LogP contribution < -0.4 is 0 Å². The number of para-hydroxylation sites is 1. The molecule has 16 nitrogen and oxygen atoms in total. The molecule has 3 heterocycles. The number of aliphatic hydroxyl groups excluding tert-OH is 1. The van der Waals surface area contributed by atoms with E-state index >= 15 is 0 Å². The minimum Gasteiger partial charge on any atom is -0.448 e. The van der Waals surface area contributed by atoms with Crippen LogP contribution in [0.4, 0.5) is 10.5 Å². The van der Waals surface area contributed by atoms with Crippen LogP contribution in [0.25, 0.3) is 11.1 Å². The highest BCUT2D eigenvalue weighted by Gasteiger charge is 2.51. The number of benzene rings is 3. The Morgan fingerprint density at radius 1 is 0.956 bits per heavy atom. The zero-order valence-corrected chi connectivity index (χ0v) is 42.5. The minimum absolute atomic E-state index is 0.0565. The van der Waals surface area contributed by atoms with Crippen LogP contribution in [0.2, 0.25) is 18.1 Å². The van der Waals surface area contributed by atoms with Gasteiger partial charge in [0.25, 0.3) is 5.69 Å². The van der Waals surface area contributed by atoms with E-state index in [1.54, 1.807) is 30.2 Å². The number of ether oxygens (including phenoxy) is 7. The summed E-state index contributed by atoms with van der Waals surface area (Å²) in [5.41, 5.74) is 5.21. The van der Waals surface area contributed by atoms with Gasteiger partial charge in [-0.05, 0) is 80.4 Å². The quantitative estimate of drug-likeness (QED) is 0.0683. The van der Waals surface area contributed by atoms with E-state index in [0.717, 1.165) is 40.4 Å². The van der Waals surface area contributed by atoms with Gasteiger partial charge in [0.15, 0.2) is 20.9 Å². The molecule has 3 aromatic rings. The highest BCUT2D eigenvalue weighted by Crippen LogP contribution is 2.45. The van der Waals surface area contributed by atoms with E-state index in [4.69, 9.17) is 42.4 Å². The van der Waals surface area contributed by atoms with Crippen molar-refractivity contribution in [1.82, 2.24) is 4.90 Å². The molecule has 68 heavy (non-hydrogen) atoms. The van der Waals surface area contributed by atoms with Gasteiger partial charge in [0.05, 0.1) is 53.3 Å². The van der Waals surface area contributed by atoms with Crippen LogP contribution in [-0.2, 0) is 49.0 Å². The van der Waals surface area contributed by atoms with Crippen molar-refractivity contribution < 1.29 is 57.2 Å². The Labute approximate surface area is 405 Å². The molecular weight excluding hydrogens is 911 g/mol. The Bertz CT molecular complexity index is 2130. The van der Waals surface area contributed by atoms with Crippen LogP contribution in [-0.4, -0.2) is 134 Å². The van der Waals surface area contributed by atoms with Gasteiger partial charge in [0.2, 0.25) is 6.29 Å². The van der Waals surface area contributed by atoms with Crippen molar-refractivity contribution in [2.24, 2.45) is 5.16 Å². The maximum atomic E-state index is 14.2. The molecule has 3 aliphatic heterocycles. The Morgan fingerprint density at radius 2 is 1.60 bits per heavy atom. The van der Waals surface area contributed by atoms with Crippen molar-refractivity contribution in [2.75, 3.05) is 26.6 Å². The van der Waals surface area contributed by atoms with Gasteiger partial charge in [-0.3, -0.25) is 15.0 Å². The number of methoxy groups -OCH3 is 1. The number of nitro groups is 1. The lowest BCUT2D eigenvalue weighted by Gasteiger charge is -2.47. The van der Waals surface area contributed by atoms with Gasteiger partial charge in [-0.25, -0.2) is 4.79 Å². The number of oxime groups is 1. The number of rotatable bonds is 19. The molecule has 11 atom stereocenters.